The van der Waals surface area contributed by atoms with Gasteiger partial charge in [0.25, 0.3) is 0 Å². The second-order valence-electron chi connectivity index (χ2n) is 13.1. The van der Waals surface area contributed by atoms with Crippen molar-refractivity contribution >= 4 is 17.6 Å². The fourth-order valence-corrected chi connectivity index (χ4v) is 6.54. The predicted molar refractivity (Wildman–Crippen MR) is 200 cm³/mol. The van der Waals surface area contributed by atoms with Crippen molar-refractivity contribution in [3.63, 3.8) is 0 Å². The van der Waals surface area contributed by atoms with Gasteiger partial charge in [0, 0.05) is 30.5 Å². The third-order valence-corrected chi connectivity index (χ3v) is 9.36. The summed E-state index contributed by atoms with van der Waals surface area (Å²) in [5.41, 5.74) is 5.61. The maximum Gasteiger partial charge on any atom is 0.304 e. The van der Waals surface area contributed by atoms with Crippen molar-refractivity contribution in [2.45, 2.75) is 58.4 Å². The van der Waals surface area contributed by atoms with Gasteiger partial charge < -0.3 is 29.0 Å². The number of carbonyl (C=O) groups excluding carboxylic acids is 1. The number of ketones is 1. The number of pyridine rings is 1. The maximum atomic E-state index is 14.9. The van der Waals surface area contributed by atoms with E-state index in [0.29, 0.717) is 48.0 Å². The molecule has 1 aliphatic rings. The minimum Gasteiger partial charge on any atom is -0.497 e. The number of hydrogen-bond donors (Lipinski definition) is 1. The first-order valence-electron chi connectivity index (χ1n) is 17.4. The zero-order chi connectivity index (χ0) is 36.6. The van der Waals surface area contributed by atoms with E-state index in [-0.39, 0.29) is 30.5 Å². The Kier molecular flexibility index (Phi) is 11.5. The minimum absolute atomic E-state index is 0.0492. The molecule has 1 aromatic heterocycles. The summed E-state index contributed by atoms with van der Waals surface area (Å²) in [5.74, 6) is 0.703. The number of rotatable bonds is 16. The number of fused-ring (bicyclic) bond motifs is 1. The van der Waals surface area contributed by atoms with E-state index in [4.69, 9.17) is 23.9 Å². The van der Waals surface area contributed by atoms with Gasteiger partial charge in [-0.1, -0.05) is 60.7 Å². The Morgan fingerprint density at radius 1 is 0.846 bits per heavy atom. The first kappa shape index (κ1) is 36.1. The van der Waals surface area contributed by atoms with E-state index < -0.39 is 11.9 Å². The molecule has 52 heavy (non-hydrogen) atoms. The lowest BCUT2D eigenvalue weighted by Gasteiger charge is -2.29. The zero-order valence-corrected chi connectivity index (χ0v) is 30.0. The lowest BCUT2D eigenvalue weighted by molar-refractivity contribution is -0.137. The summed E-state index contributed by atoms with van der Waals surface area (Å²) >= 11 is 0. The summed E-state index contributed by atoms with van der Waals surface area (Å²) in [6.07, 6.45) is 0.560. The molecule has 0 saturated carbocycles. The van der Waals surface area contributed by atoms with Crippen LogP contribution >= 0.6 is 0 Å². The summed E-state index contributed by atoms with van der Waals surface area (Å²) in [4.78, 5) is 34.6. The molecule has 0 aliphatic carbocycles. The van der Waals surface area contributed by atoms with Gasteiger partial charge in [0.1, 0.15) is 28.8 Å². The third kappa shape index (κ3) is 8.44. The van der Waals surface area contributed by atoms with Crippen LogP contribution in [0.4, 0.5) is 5.82 Å². The summed E-state index contributed by atoms with van der Waals surface area (Å²) in [6.45, 7) is 5.77. The van der Waals surface area contributed by atoms with Gasteiger partial charge in [0.2, 0.25) is 5.78 Å². The van der Waals surface area contributed by atoms with Crippen LogP contribution in [-0.2, 0) is 35.7 Å². The van der Waals surface area contributed by atoms with Gasteiger partial charge in [-0.3, -0.25) is 9.59 Å². The quantitative estimate of drug-likeness (QED) is 0.103. The molecule has 1 aliphatic heterocycles. The number of anilines is 1. The number of methoxy groups -OCH3 is 2. The fourth-order valence-electron chi connectivity index (χ4n) is 6.54. The number of benzene rings is 4. The molecule has 9 heteroatoms. The lowest BCUT2D eigenvalue weighted by Crippen LogP contribution is -2.31. The Labute approximate surface area is 304 Å². The molecule has 0 fully saturated rings. The molecule has 5 aromatic rings. The first-order chi connectivity index (χ1) is 25.2. The second kappa shape index (κ2) is 16.6. The van der Waals surface area contributed by atoms with Crippen LogP contribution in [0.2, 0.25) is 0 Å². The lowest BCUT2D eigenvalue weighted by atomic mass is 9.85. The SMILES string of the molecule is COc1ccc(COCc2cc(OC)ccc2C(=O)c2nc(N(Cc3ccccc3)C(C)C)ccc2[C@@H](CC(=O)O)c2ccc3c(c2)OCC3)cc1. The van der Waals surface area contributed by atoms with Crippen LogP contribution in [0.1, 0.15) is 75.6 Å². The van der Waals surface area contributed by atoms with Gasteiger partial charge in [-0.15, -0.1) is 0 Å². The highest BCUT2D eigenvalue weighted by molar-refractivity contribution is 6.10. The molecule has 0 saturated heterocycles. The van der Waals surface area contributed by atoms with Crippen molar-refractivity contribution in [2.75, 3.05) is 25.7 Å². The molecule has 0 spiro atoms. The highest BCUT2D eigenvalue weighted by Crippen LogP contribution is 2.37. The maximum absolute atomic E-state index is 14.9. The Hall–Kier alpha value is -5.67. The monoisotopic (exact) mass is 700 g/mol. The largest absolute Gasteiger partial charge is 0.497 e. The Balaban J connectivity index is 1.43. The Bertz CT molecular complexity index is 2010. The van der Waals surface area contributed by atoms with E-state index in [0.717, 1.165) is 40.2 Å². The zero-order valence-electron chi connectivity index (χ0n) is 30.0. The summed E-state index contributed by atoms with van der Waals surface area (Å²) in [6, 6.07) is 32.6. The van der Waals surface area contributed by atoms with Crippen molar-refractivity contribution in [2.24, 2.45) is 0 Å². The highest BCUT2D eigenvalue weighted by atomic mass is 16.5. The summed E-state index contributed by atoms with van der Waals surface area (Å²) in [7, 11) is 3.20. The van der Waals surface area contributed by atoms with Gasteiger partial charge in [0.15, 0.2) is 0 Å². The molecule has 0 radical (unpaired) electrons. The molecule has 0 bridgehead atoms. The number of nitrogens with zero attached hydrogens (tertiary/aromatic N) is 2. The molecule has 1 N–H and O–H groups in total. The summed E-state index contributed by atoms with van der Waals surface area (Å²) < 4.78 is 22.8. The molecule has 9 nitrogen and oxygen atoms in total. The second-order valence-corrected chi connectivity index (χ2v) is 13.1. The Morgan fingerprint density at radius 3 is 2.31 bits per heavy atom. The fraction of sp³-hybridized carbons (Fsp3) is 0.279. The molecule has 0 unspecified atom stereocenters. The molecular formula is C43H44N2O7. The topological polar surface area (TPSA) is 107 Å². The Morgan fingerprint density at radius 2 is 1.60 bits per heavy atom. The van der Waals surface area contributed by atoms with Crippen LogP contribution in [0.15, 0.2) is 103 Å². The van der Waals surface area contributed by atoms with Crippen LogP contribution in [0.25, 0.3) is 0 Å². The smallest absolute Gasteiger partial charge is 0.304 e. The van der Waals surface area contributed by atoms with Crippen molar-refractivity contribution in [3.8, 4) is 17.2 Å². The third-order valence-electron chi connectivity index (χ3n) is 9.36. The number of ether oxygens (including phenoxy) is 4. The van der Waals surface area contributed by atoms with Gasteiger partial charge in [-0.2, -0.15) is 0 Å². The van der Waals surface area contributed by atoms with E-state index in [1.807, 2.05) is 72.8 Å². The van der Waals surface area contributed by atoms with Crippen molar-refractivity contribution in [3.05, 3.63) is 148 Å². The van der Waals surface area contributed by atoms with E-state index in [1.54, 1.807) is 32.4 Å². The molecule has 268 valence electrons. The normalized spacial score (nSPS) is 12.6. The number of carboxylic acids is 1. The van der Waals surface area contributed by atoms with Gasteiger partial charge in [0.05, 0.1) is 40.5 Å². The van der Waals surface area contributed by atoms with Crippen LogP contribution in [0.5, 0.6) is 17.2 Å². The van der Waals surface area contributed by atoms with Crippen LogP contribution in [0, 0.1) is 0 Å². The van der Waals surface area contributed by atoms with Crippen molar-refractivity contribution in [1.82, 2.24) is 4.98 Å². The standard InChI is InChI=1S/C43H44N2O7/c1-28(2)45(25-29-8-6-5-7-9-29)40-19-18-37(38(24-41(46)47)32-13-12-31-20-21-52-39(31)23-32)42(44-40)43(48)36-17-16-35(50-4)22-33(36)27-51-26-30-10-14-34(49-3)15-11-30/h5-19,22-23,28,38H,20-21,24-27H2,1-4H3,(H,46,47)/t38-/m0/s1. The van der Waals surface area contributed by atoms with Gasteiger partial charge in [-0.05, 0) is 89.7 Å². The van der Waals surface area contributed by atoms with E-state index in [2.05, 4.69) is 30.9 Å². The molecule has 4 aromatic carbocycles. The van der Waals surface area contributed by atoms with E-state index in [1.165, 1.54) is 0 Å². The van der Waals surface area contributed by atoms with E-state index >= 15 is 0 Å². The van der Waals surface area contributed by atoms with Crippen LogP contribution in [0.3, 0.4) is 0 Å². The van der Waals surface area contributed by atoms with Crippen LogP contribution < -0.4 is 19.1 Å². The number of carbonyl (C=O) groups is 2. The first-order valence-corrected chi connectivity index (χ1v) is 17.4. The van der Waals surface area contributed by atoms with Crippen molar-refractivity contribution < 1.29 is 33.6 Å². The molecular weight excluding hydrogens is 656 g/mol. The van der Waals surface area contributed by atoms with Gasteiger partial charge >= 0.3 is 5.97 Å². The van der Waals surface area contributed by atoms with E-state index in [9.17, 15) is 14.7 Å². The number of aliphatic carboxylic acids is 1. The summed E-state index contributed by atoms with van der Waals surface area (Å²) in [5, 5.41) is 10.2. The average Bonchev–Trinajstić information content (AvgIpc) is 3.64. The van der Waals surface area contributed by atoms with Crippen molar-refractivity contribution in [1.29, 1.82) is 0 Å². The minimum atomic E-state index is -0.987. The number of hydrogen-bond acceptors (Lipinski definition) is 8. The molecule has 6 rings (SSSR count). The predicted octanol–water partition coefficient (Wildman–Crippen LogP) is 8.00. The highest BCUT2D eigenvalue weighted by Gasteiger charge is 2.29. The molecule has 2 heterocycles. The van der Waals surface area contributed by atoms with Gasteiger partial charge in [-0.25, -0.2) is 4.98 Å². The average molecular weight is 701 g/mol. The number of carboxylic acid groups (broad SMARTS) is 1. The van der Waals surface area contributed by atoms with Crippen LogP contribution in [-0.4, -0.2) is 48.7 Å². The molecule has 0 amide bonds. The number of aromatic nitrogens is 1. The molecule has 1 atom stereocenters.